The molecule has 0 radical (unpaired) electrons. The molecule has 0 saturated heterocycles. The molecule has 140 valence electrons. The number of hydrogen-bond acceptors (Lipinski definition) is 6. The van der Waals surface area contributed by atoms with Crippen LogP contribution >= 0.6 is 34.8 Å². The van der Waals surface area contributed by atoms with E-state index in [4.69, 9.17) is 34.8 Å². The maximum atomic E-state index is 11.5. The average Bonchev–Trinajstić information content (AvgIpc) is 2.88. The minimum Gasteiger partial charge on any atom is -0.288 e. The Morgan fingerprint density at radius 3 is 2.56 bits per heavy atom. The molecule has 2 heterocycles. The fourth-order valence-corrected chi connectivity index (χ4v) is 3.05. The number of aromatic amines is 1. The van der Waals surface area contributed by atoms with Crippen molar-refractivity contribution >= 4 is 47.0 Å². The number of halogens is 3. The summed E-state index contributed by atoms with van der Waals surface area (Å²) in [5.74, 6) is 0.117. The van der Waals surface area contributed by atoms with Gasteiger partial charge in [-0.15, -0.1) is 10.2 Å². The zero-order valence-electron chi connectivity index (χ0n) is 14.3. The van der Waals surface area contributed by atoms with Gasteiger partial charge in [0.05, 0.1) is 24.0 Å². The zero-order valence-corrected chi connectivity index (χ0v) is 16.6. The standard InChI is InChI=1S/C16H14Cl3N7O/c1-8-10(6-20-23-16-21-15(27)9(2)22-24-16)14(19)26(25-8)7-11-12(17)4-3-5-13(11)18/h3-6H,7H2,1-2H3,(H2,21,23,24,27). The Bertz CT molecular complexity index is 1050. The Morgan fingerprint density at radius 1 is 1.19 bits per heavy atom. The van der Waals surface area contributed by atoms with E-state index in [1.165, 1.54) is 6.21 Å². The van der Waals surface area contributed by atoms with Gasteiger partial charge >= 0.3 is 0 Å². The molecule has 0 aliphatic carbocycles. The SMILES string of the molecule is Cc1nn(Cc2c(Cl)cccc2Cl)c(Cl)c1C=NNc1nnc(C)c(=O)[nH]1. The van der Waals surface area contributed by atoms with Crippen LogP contribution in [0.4, 0.5) is 5.95 Å². The summed E-state index contributed by atoms with van der Waals surface area (Å²) in [5, 5.41) is 17.4. The summed E-state index contributed by atoms with van der Waals surface area (Å²) in [4.78, 5) is 14.0. The Labute approximate surface area is 169 Å². The highest BCUT2D eigenvalue weighted by molar-refractivity contribution is 6.36. The maximum Gasteiger partial charge on any atom is 0.274 e. The van der Waals surface area contributed by atoms with Gasteiger partial charge in [-0.05, 0) is 26.0 Å². The van der Waals surface area contributed by atoms with Gasteiger partial charge in [0.25, 0.3) is 5.56 Å². The van der Waals surface area contributed by atoms with Crippen molar-refractivity contribution in [1.29, 1.82) is 0 Å². The molecule has 0 aliphatic rings. The van der Waals surface area contributed by atoms with E-state index in [1.54, 1.807) is 36.7 Å². The number of aryl methyl sites for hydroxylation is 2. The van der Waals surface area contributed by atoms with Crippen molar-refractivity contribution in [3.05, 3.63) is 66.3 Å². The predicted octanol–water partition coefficient (Wildman–Crippen LogP) is 3.43. The fourth-order valence-electron chi connectivity index (χ4n) is 2.25. The van der Waals surface area contributed by atoms with Gasteiger partial charge in [-0.1, -0.05) is 40.9 Å². The molecule has 0 aliphatic heterocycles. The van der Waals surface area contributed by atoms with Gasteiger partial charge in [-0.25, -0.2) is 10.1 Å². The molecule has 11 heteroatoms. The van der Waals surface area contributed by atoms with Gasteiger partial charge in [0.1, 0.15) is 10.8 Å². The first-order valence-corrected chi connectivity index (χ1v) is 8.88. The van der Waals surface area contributed by atoms with Crippen molar-refractivity contribution in [3.63, 3.8) is 0 Å². The van der Waals surface area contributed by atoms with E-state index in [9.17, 15) is 4.79 Å². The molecule has 0 fully saturated rings. The first kappa shape index (κ1) is 19.3. The molecule has 27 heavy (non-hydrogen) atoms. The van der Waals surface area contributed by atoms with Crippen molar-refractivity contribution in [3.8, 4) is 0 Å². The maximum absolute atomic E-state index is 11.5. The Morgan fingerprint density at radius 2 is 1.89 bits per heavy atom. The number of hydrogen-bond donors (Lipinski definition) is 2. The van der Waals surface area contributed by atoms with E-state index >= 15 is 0 Å². The van der Waals surface area contributed by atoms with E-state index in [0.717, 1.165) is 5.56 Å². The van der Waals surface area contributed by atoms with E-state index in [0.29, 0.717) is 33.0 Å². The quantitative estimate of drug-likeness (QED) is 0.481. The van der Waals surface area contributed by atoms with Crippen LogP contribution in [-0.2, 0) is 6.54 Å². The van der Waals surface area contributed by atoms with Crippen molar-refractivity contribution in [2.45, 2.75) is 20.4 Å². The minimum absolute atomic E-state index is 0.117. The third-order valence-corrected chi connectivity index (χ3v) is 4.81. The van der Waals surface area contributed by atoms with Gasteiger partial charge in [0.15, 0.2) is 0 Å². The zero-order chi connectivity index (χ0) is 19.6. The molecule has 3 aromatic rings. The second-order valence-electron chi connectivity index (χ2n) is 5.61. The first-order chi connectivity index (χ1) is 12.9. The number of benzene rings is 1. The Balaban J connectivity index is 1.81. The molecule has 0 atom stereocenters. The molecular formula is C16H14Cl3N7O. The second-order valence-corrected chi connectivity index (χ2v) is 6.78. The Hall–Kier alpha value is -2.42. The van der Waals surface area contributed by atoms with Gasteiger partial charge in [-0.2, -0.15) is 10.2 Å². The molecule has 0 saturated carbocycles. The van der Waals surface area contributed by atoms with E-state index in [2.05, 4.69) is 30.8 Å². The van der Waals surface area contributed by atoms with Crippen molar-refractivity contribution in [1.82, 2.24) is 25.0 Å². The van der Waals surface area contributed by atoms with Crippen LogP contribution in [0.15, 0.2) is 28.1 Å². The number of H-pyrrole nitrogens is 1. The summed E-state index contributed by atoms with van der Waals surface area (Å²) >= 11 is 18.8. The lowest BCUT2D eigenvalue weighted by atomic mass is 10.2. The molecule has 8 nitrogen and oxygen atoms in total. The lowest BCUT2D eigenvalue weighted by molar-refractivity contribution is 0.680. The average molecular weight is 427 g/mol. The number of nitrogens with one attached hydrogen (secondary N) is 2. The van der Waals surface area contributed by atoms with Crippen LogP contribution in [0.25, 0.3) is 0 Å². The van der Waals surface area contributed by atoms with Gasteiger partial charge in [0.2, 0.25) is 5.95 Å². The van der Waals surface area contributed by atoms with Crippen LogP contribution in [0.2, 0.25) is 15.2 Å². The molecule has 2 N–H and O–H groups in total. The third-order valence-electron chi connectivity index (χ3n) is 3.70. The van der Waals surface area contributed by atoms with Crippen LogP contribution < -0.4 is 11.0 Å². The molecule has 0 amide bonds. The number of rotatable bonds is 5. The highest BCUT2D eigenvalue weighted by Crippen LogP contribution is 2.27. The summed E-state index contributed by atoms with van der Waals surface area (Å²) in [6.45, 7) is 3.67. The second kappa shape index (κ2) is 8.08. The van der Waals surface area contributed by atoms with E-state index < -0.39 is 0 Å². The molecule has 0 bridgehead atoms. The highest BCUT2D eigenvalue weighted by atomic mass is 35.5. The summed E-state index contributed by atoms with van der Waals surface area (Å²) in [6.07, 6.45) is 1.48. The monoisotopic (exact) mass is 425 g/mol. The number of hydrazone groups is 1. The smallest absolute Gasteiger partial charge is 0.274 e. The highest BCUT2D eigenvalue weighted by Gasteiger charge is 2.14. The lowest BCUT2D eigenvalue weighted by Crippen LogP contribution is -2.15. The molecule has 3 rings (SSSR count). The molecule has 2 aromatic heterocycles. The van der Waals surface area contributed by atoms with Gasteiger partial charge in [0, 0.05) is 15.6 Å². The minimum atomic E-state index is -0.346. The van der Waals surface area contributed by atoms with Crippen LogP contribution in [0, 0.1) is 13.8 Å². The largest absolute Gasteiger partial charge is 0.288 e. The van der Waals surface area contributed by atoms with Crippen LogP contribution in [0.3, 0.4) is 0 Å². The van der Waals surface area contributed by atoms with E-state index in [1.807, 2.05) is 0 Å². The van der Waals surface area contributed by atoms with Crippen LogP contribution in [0.1, 0.15) is 22.5 Å². The van der Waals surface area contributed by atoms with Crippen molar-refractivity contribution in [2.24, 2.45) is 5.10 Å². The van der Waals surface area contributed by atoms with Crippen molar-refractivity contribution < 1.29 is 0 Å². The Kier molecular flexibility index (Phi) is 5.79. The molecule has 0 spiro atoms. The molecule has 0 unspecified atom stereocenters. The van der Waals surface area contributed by atoms with Crippen LogP contribution in [0.5, 0.6) is 0 Å². The summed E-state index contributed by atoms with van der Waals surface area (Å²) in [7, 11) is 0. The molecular weight excluding hydrogens is 413 g/mol. The van der Waals surface area contributed by atoms with Gasteiger partial charge in [-0.3, -0.25) is 9.78 Å². The molecule has 1 aromatic carbocycles. The lowest BCUT2D eigenvalue weighted by Gasteiger charge is -2.08. The summed E-state index contributed by atoms with van der Waals surface area (Å²) in [5.41, 5.74) is 4.51. The topological polar surface area (TPSA) is 101 Å². The first-order valence-electron chi connectivity index (χ1n) is 7.75. The summed E-state index contributed by atoms with van der Waals surface area (Å²) < 4.78 is 1.58. The summed E-state index contributed by atoms with van der Waals surface area (Å²) in [6, 6.07) is 5.28. The third kappa shape index (κ3) is 4.29. The van der Waals surface area contributed by atoms with Crippen molar-refractivity contribution in [2.75, 3.05) is 5.43 Å². The predicted molar refractivity (Wildman–Crippen MR) is 106 cm³/mol. The van der Waals surface area contributed by atoms with Gasteiger partial charge < -0.3 is 0 Å². The number of anilines is 1. The normalized spacial score (nSPS) is 11.3. The fraction of sp³-hybridized carbons (Fsp3) is 0.188. The number of nitrogens with zero attached hydrogens (tertiary/aromatic N) is 5. The van der Waals surface area contributed by atoms with E-state index in [-0.39, 0.29) is 17.2 Å². The van der Waals surface area contributed by atoms with Crippen LogP contribution in [-0.4, -0.2) is 31.2 Å². The number of aromatic nitrogens is 5.